The molecule has 2 aromatic rings. The second-order valence-corrected chi connectivity index (χ2v) is 8.46. The van der Waals surface area contributed by atoms with Gasteiger partial charge in [0, 0.05) is 25.7 Å². The summed E-state index contributed by atoms with van der Waals surface area (Å²) in [6.07, 6.45) is 3.74. The smallest absolute Gasteiger partial charge is 0.251 e. The molecule has 4 rings (SSSR count). The van der Waals surface area contributed by atoms with Crippen molar-refractivity contribution < 1.29 is 19.1 Å². The molecular formula is C26H33N3O4. The molecule has 1 atom stereocenters. The van der Waals surface area contributed by atoms with Gasteiger partial charge in [-0.25, -0.2) is 0 Å². The monoisotopic (exact) mass is 451 g/mol. The highest BCUT2D eigenvalue weighted by atomic mass is 16.5. The van der Waals surface area contributed by atoms with Gasteiger partial charge in [0.25, 0.3) is 5.91 Å². The number of amides is 2. The van der Waals surface area contributed by atoms with Crippen molar-refractivity contribution in [1.82, 2.24) is 5.32 Å². The number of carbonyl (C=O) groups excluding carboxylic acids is 2. The maximum Gasteiger partial charge on any atom is 0.251 e. The molecule has 1 fully saturated rings. The Bertz CT molecular complexity index is 1020. The van der Waals surface area contributed by atoms with E-state index in [1.807, 2.05) is 50.2 Å². The van der Waals surface area contributed by atoms with E-state index in [1.54, 1.807) is 11.9 Å². The number of hydrogen-bond donors (Lipinski definition) is 1. The van der Waals surface area contributed by atoms with Gasteiger partial charge in [0.1, 0.15) is 6.04 Å². The Morgan fingerprint density at radius 3 is 2.61 bits per heavy atom. The number of nitrogens with zero attached hydrogens (tertiary/aromatic N) is 2. The number of carbonyl (C=O) groups is 2. The molecular weight excluding hydrogens is 418 g/mol. The Morgan fingerprint density at radius 1 is 1.03 bits per heavy atom. The van der Waals surface area contributed by atoms with Gasteiger partial charge in [-0.05, 0) is 75.4 Å². The zero-order valence-electron chi connectivity index (χ0n) is 19.7. The van der Waals surface area contributed by atoms with Crippen LogP contribution < -0.4 is 24.6 Å². The summed E-state index contributed by atoms with van der Waals surface area (Å²) >= 11 is 0. The summed E-state index contributed by atoms with van der Waals surface area (Å²) in [5.74, 6) is 1.42. The van der Waals surface area contributed by atoms with E-state index in [0.717, 1.165) is 54.2 Å². The molecule has 2 amide bonds. The first-order valence-electron chi connectivity index (χ1n) is 11.9. The van der Waals surface area contributed by atoms with Crippen molar-refractivity contribution in [2.45, 2.75) is 45.6 Å². The van der Waals surface area contributed by atoms with Crippen LogP contribution >= 0.6 is 0 Å². The molecule has 0 aromatic heterocycles. The summed E-state index contributed by atoms with van der Waals surface area (Å²) in [6, 6.07) is 11.5. The average Bonchev–Trinajstić information content (AvgIpc) is 2.84. The largest absolute Gasteiger partial charge is 0.490 e. The van der Waals surface area contributed by atoms with E-state index in [9.17, 15) is 9.59 Å². The van der Waals surface area contributed by atoms with Crippen molar-refractivity contribution in [2.75, 3.05) is 43.2 Å². The van der Waals surface area contributed by atoms with E-state index in [4.69, 9.17) is 9.47 Å². The van der Waals surface area contributed by atoms with Crippen LogP contribution in [-0.2, 0) is 11.2 Å². The number of fused-ring (bicyclic) bond motifs is 3. The Morgan fingerprint density at radius 2 is 1.82 bits per heavy atom. The van der Waals surface area contributed by atoms with E-state index in [2.05, 4.69) is 10.2 Å². The lowest BCUT2D eigenvalue weighted by molar-refractivity contribution is -0.120. The lowest BCUT2D eigenvalue weighted by Crippen LogP contribution is -2.54. The van der Waals surface area contributed by atoms with E-state index >= 15 is 0 Å². The number of nitrogens with one attached hydrogen (secondary N) is 1. The van der Waals surface area contributed by atoms with Crippen LogP contribution in [0.3, 0.4) is 0 Å². The second-order valence-electron chi connectivity index (χ2n) is 8.46. The third-order valence-corrected chi connectivity index (χ3v) is 6.33. The van der Waals surface area contributed by atoms with Crippen molar-refractivity contribution >= 4 is 23.2 Å². The fraction of sp³-hybridized carbons (Fsp3) is 0.462. The van der Waals surface area contributed by atoms with Gasteiger partial charge in [0.05, 0.1) is 24.6 Å². The SMILES string of the molecule is CCOc1ccc(CCNC(=O)c2ccc3c(c2)N(C)C(=O)[C@H]2CCCCN32)cc1OCC. The molecule has 0 aliphatic carbocycles. The number of ether oxygens (including phenoxy) is 2. The summed E-state index contributed by atoms with van der Waals surface area (Å²) in [5, 5.41) is 3.00. The minimum absolute atomic E-state index is 0.0772. The molecule has 1 saturated heterocycles. The van der Waals surface area contributed by atoms with Crippen LogP contribution in [0.15, 0.2) is 36.4 Å². The maximum absolute atomic E-state index is 12.8. The zero-order valence-corrected chi connectivity index (χ0v) is 19.7. The molecule has 2 aliphatic rings. The van der Waals surface area contributed by atoms with Crippen LogP contribution in [-0.4, -0.2) is 51.2 Å². The van der Waals surface area contributed by atoms with Crippen LogP contribution in [0, 0.1) is 0 Å². The second kappa shape index (κ2) is 10.1. The first-order chi connectivity index (χ1) is 16.0. The van der Waals surface area contributed by atoms with Crippen LogP contribution in [0.5, 0.6) is 11.5 Å². The molecule has 0 unspecified atom stereocenters. The topological polar surface area (TPSA) is 71.1 Å². The fourth-order valence-electron chi connectivity index (χ4n) is 4.67. The van der Waals surface area contributed by atoms with E-state index in [1.165, 1.54) is 0 Å². The molecule has 0 bridgehead atoms. The van der Waals surface area contributed by atoms with E-state index in [0.29, 0.717) is 31.7 Å². The summed E-state index contributed by atoms with van der Waals surface area (Å²) in [7, 11) is 1.80. The predicted molar refractivity (Wildman–Crippen MR) is 130 cm³/mol. The normalized spacial score (nSPS) is 17.3. The number of likely N-dealkylation sites (N-methyl/N-ethyl adjacent to an activating group) is 1. The van der Waals surface area contributed by atoms with Gasteiger partial charge in [-0.15, -0.1) is 0 Å². The number of piperidine rings is 1. The minimum Gasteiger partial charge on any atom is -0.490 e. The highest BCUT2D eigenvalue weighted by molar-refractivity contribution is 6.07. The molecule has 176 valence electrons. The van der Waals surface area contributed by atoms with Crippen LogP contribution in [0.4, 0.5) is 11.4 Å². The minimum atomic E-state index is -0.143. The number of hydrogen-bond acceptors (Lipinski definition) is 5. The quantitative estimate of drug-likeness (QED) is 0.661. The van der Waals surface area contributed by atoms with E-state index in [-0.39, 0.29) is 17.9 Å². The molecule has 0 radical (unpaired) electrons. The highest BCUT2D eigenvalue weighted by Crippen LogP contribution is 2.39. The fourth-order valence-corrected chi connectivity index (χ4v) is 4.67. The van der Waals surface area contributed by atoms with E-state index < -0.39 is 0 Å². The molecule has 7 heteroatoms. The summed E-state index contributed by atoms with van der Waals surface area (Å²) in [6.45, 7) is 6.41. The van der Waals surface area contributed by atoms with Crippen LogP contribution in [0.2, 0.25) is 0 Å². The molecule has 0 spiro atoms. The molecule has 2 heterocycles. The Balaban J connectivity index is 1.42. The number of anilines is 2. The van der Waals surface area contributed by atoms with Gasteiger partial charge in [0.15, 0.2) is 11.5 Å². The maximum atomic E-state index is 12.8. The first-order valence-corrected chi connectivity index (χ1v) is 11.9. The van der Waals surface area contributed by atoms with Crippen molar-refractivity contribution in [2.24, 2.45) is 0 Å². The number of rotatable bonds is 8. The Kier molecular flexibility index (Phi) is 7.06. The summed E-state index contributed by atoms with van der Waals surface area (Å²) in [5.41, 5.74) is 3.47. The zero-order chi connectivity index (χ0) is 23.4. The van der Waals surface area contributed by atoms with Crippen molar-refractivity contribution in [3.05, 3.63) is 47.5 Å². The third-order valence-electron chi connectivity index (χ3n) is 6.33. The average molecular weight is 452 g/mol. The van der Waals surface area contributed by atoms with Crippen molar-refractivity contribution in [3.63, 3.8) is 0 Å². The number of benzene rings is 2. The van der Waals surface area contributed by atoms with Gasteiger partial charge in [0.2, 0.25) is 5.91 Å². The van der Waals surface area contributed by atoms with Crippen molar-refractivity contribution in [1.29, 1.82) is 0 Å². The lowest BCUT2D eigenvalue weighted by atomic mass is 9.96. The first kappa shape index (κ1) is 23.0. The Hall–Kier alpha value is -3.22. The molecule has 2 aliphatic heterocycles. The molecule has 7 nitrogen and oxygen atoms in total. The van der Waals surface area contributed by atoms with Gasteiger partial charge in [-0.1, -0.05) is 6.07 Å². The predicted octanol–water partition coefficient (Wildman–Crippen LogP) is 3.79. The Labute approximate surface area is 195 Å². The summed E-state index contributed by atoms with van der Waals surface area (Å²) in [4.78, 5) is 29.6. The standard InChI is InChI=1S/C26H33N3O4/c1-4-32-23-12-9-18(16-24(23)33-5-2)13-14-27-25(30)19-10-11-20-22(17-19)28(3)26(31)21-8-6-7-15-29(20)21/h9-12,16-17,21H,4-8,13-15H2,1-3H3,(H,27,30)/t21-/m1/s1. The van der Waals surface area contributed by atoms with Gasteiger partial charge < -0.3 is 24.6 Å². The van der Waals surface area contributed by atoms with Crippen LogP contribution in [0.25, 0.3) is 0 Å². The van der Waals surface area contributed by atoms with Crippen molar-refractivity contribution in [3.8, 4) is 11.5 Å². The van der Waals surface area contributed by atoms with Crippen LogP contribution in [0.1, 0.15) is 49.0 Å². The molecule has 33 heavy (non-hydrogen) atoms. The highest BCUT2D eigenvalue weighted by Gasteiger charge is 2.37. The third kappa shape index (κ3) is 4.77. The van der Waals surface area contributed by atoms with Gasteiger partial charge >= 0.3 is 0 Å². The molecule has 2 aromatic carbocycles. The van der Waals surface area contributed by atoms with Gasteiger partial charge in [-0.3, -0.25) is 9.59 Å². The molecule has 0 saturated carbocycles. The summed E-state index contributed by atoms with van der Waals surface area (Å²) < 4.78 is 11.3. The molecule has 1 N–H and O–H groups in total. The van der Waals surface area contributed by atoms with Gasteiger partial charge in [-0.2, -0.15) is 0 Å². The lowest BCUT2D eigenvalue weighted by Gasteiger charge is -2.44.